The zero-order valence-electron chi connectivity index (χ0n) is 15.1. The van der Waals surface area contributed by atoms with Gasteiger partial charge < -0.3 is 14.5 Å². The topological polar surface area (TPSA) is 32.8 Å². The molecule has 0 radical (unpaired) electrons. The third-order valence-corrected chi connectivity index (χ3v) is 5.66. The zero-order valence-corrected chi connectivity index (χ0v) is 16.7. The summed E-state index contributed by atoms with van der Waals surface area (Å²) in [7, 11) is 0. The van der Waals surface area contributed by atoms with Crippen molar-refractivity contribution in [2.75, 3.05) is 31.1 Å². The highest BCUT2D eigenvalue weighted by Crippen LogP contribution is 2.42. The predicted octanol–water partition coefficient (Wildman–Crippen LogP) is 4.82. The first kappa shape index (κ1) is 18.5. The van der Waals surface area contributed by atoms with Crippen molar-refractivity contribution in [3.63, 3.8) is 0 Å². The third-order valence-electron chi connectivity index (χ3n) is 5.16. The molecule has 2 aliphatic heterocycles. The van der Waals surface area contributed by atoms with Crippen LogP contribution in [-0.2, 0) is 4.74 Å². The number of halogens is 2. The molecular weight excluding hydrogens is 387 g/mol. The molecule has 2 heterocycles. The van der Waals surface area contributed by atoms with Crippen LogP contribution in [0.3, 0.4) is 0 Å². The second-order valence-corrected chi connectivity index (χ2v) is 9.15. The maximum atomic E-state index is 14.2. The molecule has 0 bridgehead atoms. The molecule has 0 atom stereocenters. The Bertz CT molecular complexity index is 651. The van der Waals surface area contributed by atoms with Gasteiger partial charge in [0.05, 0.1) is 5.69 Å². The number of carbonyl (C=O) groups excluding carboxylic acids is 1. The molecule has 3 rings (SSSR count). The summed E-state index contributed by atoms with van der Waals surface area (Å²) >= 11 is 3.31. The van der Waals surface area contributed by atoms with Crippen molar-refractivity contribution < 1.29 is 13.9 Å². The van der Waals surface area contributed by atoms with E-state index in [1.165, 1.54) is 6.07 Å². The fourth-order valence-corrected chi connectivity index (χ4v) is 4.11. The van der Waals surface area contributed by atoms with Crippen LogP contribution in [0.15, 0.2) is 22.7 Å². The number of anilines is 1. The van der Waals surface area contributed by atoms with Gasteiger partial charge in [0, 0.05) is 30.7 Å². The average Bonchev–Trinajstić information content (AvgIpc) is 2.90. The number of carbonyl (C=O) groups is 1. The van der Waals surface area contributed by atoms with E-state index in [2.05, 4.69) is 20.8 Å². The SMILES string of the molecule is CC(C)(C)OC(=O)N1CCC2(CC1)CCN(c1ccc(Br)cc1F)C2. The number of piperidine rings is 1. The summed E-state index contributed by atoms with van der Waals surface area (Å²) in [6, 6.07) is 5.24. The van der Waals surface area contributed by atoms with E-state index in [-0.39, 0.29) is 17.3 Å². The maximum absolute atomic E-state index is 14.2. The number of nitrogens with zero attached hydrogens (tertiary/aromatic N) is 2. The predicted molar refractivity (Wildman–Crippen MR) is 100 cm³/mol. The first-order chi connectivity index (χ1) is 11.7. The Labute approximate surface area is 157 Å². The fraction of sp³-hybridized carbons (Fsp3) is 0.632. The first-order valence-electron chi connectivity index (χ1n) is 8.85. The molecule has 0 aromatic heterocycles. The van der Waals surface area contributed by atoms with E-state index in [0.717, 1.165) is 36.8 Å². The molecule has 4 nitrogen and oxygen atoms in total. The van der Waals surface area contributed by atoms with E-state index in [1.54, 1.807) is 4.90 Å². The minimum atomic E-state index is -0.463. The molecular formula is C19H26BrFN2O2. The molecule has 2 aliphatic rings. The lowest BCUT2D eigenvalue weighted by atomic mass is 9.78. The van der Waals surface area contributed by atoms with E-state index in [1.807, 2.05) is 32.9 Å². The van der Waals surface area contributed by atoms with Crippen LogP contribution in [0.4, 0.5) is 14.9 Å². The van der Waals surface area contributed by atoms with Gasteiger partial charge >= 0.3 is 6.09 Å². The second kappa shape index (κ2) is 6.78. The number of hydrogen-bond donors (Lipinski definition) is 0. The lowest BCUT2D eigenvalue weighted by Gasteiger charge is -2.39. The van der Waals surface area contributed by atoms with Gasteiger partial charge in [-0.25, -0.2) is 9.18 Å². The van der Waals surface area contributed by atoms with Gasteiger partial charge in [-0.1, -0.05) is 15.9 Å². The van der Waals surface area contributed by atoms with Crippen LogP contribution >= 0.6 is 15.9 Å². The summed E-state index contributed by atoms with van der Waals surface area (Å²) in [6.45, 7) is 8.81. The minimum absolute atomic E-state index is 0.179. The van der Waals surface area contributed by atoms with Crippen LogP contribution in [0.5, 0.6) is 0 Å². The second-order valence-electron chi connectivity index (χ2n) is 8.23. The fourth-order valence-electron chi connectivity index (χ4n) is 3.78. The first-order valence-corrected chi connectivity index (χ1v) is 9.65. The van der Waals surface area contributed by atoms with Gasteiger partial charge in [0.25, 0.3) is 0 Å². The lowest BCUT2D eigenvalue weighted by molar-refractivity contribution is 0.0122. The Balaban J connectivity index is 1.60. The summed E-state index contributed by atoms with van der Waals surface area (Å²) in [5.41, 5.74) is 0.391. The third kappa shape index (κ3) is 4.27. The summed E-state index contributed by atoms with van der Waals surface area (Å²) in [5, 5.41) is 0. The van der Waals surface area contributed by atoms with Gasteiger partial charge in [0.15, 0.2) is 0 Å². The Morgan fingerprint density at radius 3 is 2.44 bits per heavy atom. The summed E-state index contributed by atoms with van der Waals surface area (Å²) in [5.74, 6) is -0.183. The number of benzene rings is 1. The molecule has 25 heavy (non-hydrogen) atoms. The van der Waals surface area contributed by atoms with E-state index < -0.39 is 5.60 Å². The van der Waals surface area contributed by atoms with E-state index in [9.17, 15) is 9.18 Å². The molecule has 0 aliphatic carbocycles. The largest absolute Gasteiger partial charge is 0.444 e. The Morgan fingerprint density at radius 2 is 1.84 bits per heavy atom. The molecule has 0 saturated carbocycles. The van der Waals surface area contributed by atoms with Crippen LogP contribution in [0, 0.1) is 11.2 Å². The van der Waals surface area contributed by atoms with Crippen molar-refractivity contribution >= 4 is 27.7 Å². The maximum Gasteiger partial charge on any atom is 0.410 e. The Hall–Kier alpha value is -1.30. The quantitative estimate of drug-likeness (QED) is 0.662. The number of rotatable bonds is 1. The van der Waals surface area contributed by atoms with Gasteiger partial charge in [0.2, 0.25) is 0 Å². The van der Waals surface area contributed by atoms with Crippen molar-refractivity contribution in [2.45, 2.75) is 45.6 Å². The van der Waals surface area contributed by atoms with Crippen LogP contribution < -0.4 is 4.90 Å². The van der Waals surface area contributed by atoms with E-state index >= 15 is 0 Å². The van der Waals surface area contributed by atoms with Gasteiger partial charge in [-0.05, 0) is 63.6 Å². The molecule has 2 saturated heterocycles. The standard InChI is InChI=1S/C19H26BrFN2O2/c1-18(2,3)25-17(24)22-9-6-19(7-10-22)8-11-23(13-19)16-5-4-14(20)12-15(16)21/h4-5,12H,6-11,13H2,1-3H3. The summed E-state index contributed by atoms with van der Waals surface area (Å²) in [4.78, 5) is 16.2. The highest BCUT2D eigenvalue weighted by atomic mass is 79.9. The monoisotopic (exact) mass is 412 g/mol. The number of amides is 1. The van der Waals surface area contributed by atoms with Crippen molar-refractivity contribution in [1.29, 1.82) is 0 Å². The highest BCUT2D eigenvalue weighted by molar-refractivity contribution is 9.10. The zero-order chi connectivity index (χ0) is 18.2. The molecule has 6 heteroatoms. The summed E-state index contributed by atoms with van der Waals surface area (Å²) in [6.07, 6.45) is 2.71. The smallest absolute Gasteiger partial charge is 0.410 e. The average molecular weight is 413 g/mol. The van der Waals surface area contributed by atoms with E-state index in [0.29, 0.717) is 18.8 Å². The van der Waals surface area contributed by atoms with Crippen LogP contribution in [0.1, 0.15) is 40.0 Å². The molecule has 1 spiro atoms. The number of hydrogen-bond acceptors (Lipinski definition) is 3. The number of likely N-dealkylation sites (tertiary alicyclic amines) is 1. The van der Waals surface area contributed by atoms with Crippen molar-refractivity contribution in [3.05, 3.63) is 28.5 Å². The van der Waals surface area contributed by atoms with Gasteiger partial charge in [-0.2, -0.15) is 0 Å². The molecule has 1 aromatic rings. The Morgan fingerprint density at radius 1 is 1.20 bits per heavy atom. The van der Waals surface area contributed by atoms with Gasteiger partial charge in [-0.15, -0.1) is 0 Å². The highest BCUT2D eigenvalue weighted by Gasteiger charge is 2.42. The van der Waals surface area contributed by atoms with Crippen LogP contribution in [0.25, 0.3) is 0 Å². The molecule has 0 N–H and O–H groups in total. The van der Waals surface area contributed by atoms with Crippen molar-refractivity contribution in [2.24, 2.45) is 5.41 Å². The normalized spacial score (nSPS) is 20.2. The van der Waals surface area contributed by atoms with E-state index in [4.69, 9.17) is 4.74 Å². The Kier molecular flexibility index (Phi) is 5.02. The van der Waals surface area contributed by atoms with Crippen LogP contribution in [0.2, 0.25) is 0 Å². The van der Waals surface area contributed by atoms with Crippen LogP contribution in [-0.4, -0.2) is 42.8 Å². The van der Waals surface area contributed by atoms with Gasteiger partial charge in [0.1, 0.15) is 11.4 Å². The number of ether oxygens (including phenoxy) is 1. The molecule has 2 fully saturated rings. The summed E-state index contributed by atoms with van der Waals surface area (Å²) < 4.78 is 20.5. The molecule has 0 unspecified atom stereocenters. The molecule has 1 aromatic carbocycles. The molecule has 1 amide bonds. The van der Waals surface area contributed by atoms with Crippen molar-refractivity contribution in [3.8, 4) is 0 Å². The van der Waals surface area contributed by atoms with Crippen molar-refractivity contribution in [1.82, 2.24) is 4.90 Å². The van der Waals surface area contributed by atoms with Gasteiger partial charge in [-0.3, -0.25) is 0 Å². The molecule has 138 valence electrons. The minimum Gasteiger partial charge on any atom is -0.444 e. The lowest BCUT2D eigenvalue weighted by Crippen LogP contribution is -2.46.